The highest BCUT2D eigenvalue weighted by atomic mass is 15.3. The van der Waals surface area contributed by atoms with Crippen molar-refractivity contribution < 1.29 is 0 Å². The molecule has 0 aliphatic carbocycles. The number of nitrogens with zero attached hydrogens (tertiary/aromatic N) is 2. The molecule has 0 radical (unpaired) electrons. The van der Waals surface area contributed by atoms with Crippen LogP contribution in [0.4, 0.5) is 0 Å². The first-order valence-electron chi connectivity index (χ1n) is 5.34. The van der Waals surface area contributed by atoms with E-state index in [2.05, 4.69) is 30.2 Å². The number of aryl methyl sites for hydroxylation is 2. The van der Waals surface area contributed by atoms with Gasteiger partial charge in [-0.25, -0.2) is 0 Å². The third-order valence-electron chi connectivity index (χ3n) is 2.81. The van der Waals surface area contributed by atoms with Crippen molar-refractivity contribution in [2.45, 2.75) is 26.3 Å². The normalized spacial score (nSPS) is 13.3. The molecule has 1 aromatic heterocycles. The largest absolute Gasteiger partial charge is 0.324 e. The predicted octanol–water partition coefficient (Wildman–Crippen LogP) is 2.16. The second-order valence-corrected chi connectivity index (χ2v) is 3.99. The highest BCUT2D eigenvalue weighted by Crippen LogP contribution is 2.22. The lowest BCUT2D eigenvalue weighted by molar-refractivity contribution is 0.767. The third-order valence-corrected chi connectivity index (χ3v) is 2.81. The van der Waals surface area contributed by atoms with Gasteiger partial charge in [0.25, 0.3) is 0 Å². The molecule has 1 heterocycles. The fourth-order valence-corrected chi connectivity index (χ4v) is 1.89. The maximum atomic E-state index is 5.86. The molecular formula is C12H17N3. The Hall–Kier alpha value is -1.35. The molecule has 2 aromatic rings. The molecule has 1 unspecified atom stereocenters. The van der Waals surface area contributed by atoms with Gasteiger partial charge >= 0.3 is 0 Å². The van der Waals surface area contributed by atoms with Gasteiger partial charge in [-0.2, -0.15) is 5.10 Å². The van der Waals surface area contributed by atoms with Gasteiger partial charge in [-0.3, -0.25) is 4.68 Å². The summed E-state index contributed by atoms with van der Waals surface area (Å²) in [6.45, 7) is 4.12. The summed E-state index contributed by atoms with van der Waals surface area (Å²) >= 11 is 0. The molecule has 0 saturated carbocycles. The van der Waals surface area contributed by atoms with Crippen LogP contribution >= 0.6 is 0 Å². The number of hydrogen-bond acceptors (Lipinski definition) is 2. The third kappa shape index (κ3) is 1.63. The lowest BCUT2D eigenvalue weighted by Gasteiger charge is -2.05. The Balaban J connectivity index is 2.66. The van der Waals surface area contributed by atoms with Gasteiger partial charge in [0.05, 0.1) is 11.2 Å². The smallest absolute Gasteiger partial charge is 0.0700 e. The molecular weight excluding hydrogens is 186 g/mol. The molecule has 15 heavy (non-hydrogen) atoms. The minimum atomic E-state index is 0.0781. The fourth-order valence-electron chi connectivity index (χ4n) is 1.89. The van der Waals surface area contributed by atoms with Gasteiger partial charge in [-0.05, 0) is 25.0 Å². The second-order valence-electron chi connectivity index (χ2n) is 3.99. The maximum absolute atomic E-state index is 5.86. The van der Waals surface area contributed by atoms with Crippen LogP contribution in [0.1, 0.15) is 31.1 Å². The van der Waals surface area contributed by atoms with Crippen LogP contribution < -0.4 is 5.73 Å². The average Bonchev–Trinajstić information content (AvgIpc) is 2.55. The first kappa shape index (κ1) is 10.2. The Morgan fingerprint density at radius 3 is 2.80 bits per heavy atom. The Morgan fingerprint density at radius 1 is 1.47 bits per heavy atom. The van der Waals surface area contributed by atoms with Crippen LogP contribution in [0.25, 0.3) is 10.9 Å². The topological polar surface area (TPSA) is 43.8 Å². The molecule has 0 spiro atoms. The summed E-state index contributed by atoms with van der Waals surface area (Å²) in [5.74, 6) is 0. The van der Waals surface area contributed by atoms with Crippen molar-refractivity contribution in [3.05, 3.63) is 29.5 Å². The highest BCUT2D eigenvalue weighted by Gasteiger charge is 2.08. The first-order valence-corrected chi connectivity index (χ1v) is 5.34. The zero-order valence-electron chi connectivity index (χ0n) is 9.49. The molecule has 1 aromatic carbocycles. The van der Waals surface area contributed by atoms with Gasteiger partial charge < -0.3 is 5.73 Å². The molecule has 0 aliphatic rings. The zero-order valence-corrected chi connectivity index (χ0v) is 9.49. The van der Waals surface area contributed by atoms with Crippen LogP contribution in [-0.2, 0) is 13.5 Å². The predicted molar refractivity (Wildman–Crippen MR) is 62.7 cm³/mol. The van der Waals surface area contributed by atoms with Gasteiger partial charge in [-0.15, -0.1) is 0 Å². The number of benzene rings is 1. The van der Waals surface area contributed by atoms with E-state index in [1.165, 1.54) is 10.9 Å². The van der Waals surface area contributed by atoms with Crippen molar-refractivity contribution in [1.29, 1.82) is 0 Å². The van der Waals surface area contributed by atoms with Crippen LogP contribution in [0, 0.1) is 0 Å². The summed E-state index contributed by atoms with van der Waals surface area (Å²) in [5, 5.41) is 5.72. The van der Waals surface area contributed by atoms with E-state index in [9.17, 15) is 0 Å². The lowest BCUT2D eigenvalue weighted by Crippen LogP contribution is -2.04. The summed E-state index contributed by atoms with van der Waals surface area (Å²) < 4.78 is 1.93. The second kappa shape index (κ2) is 3.66. The number of nitrogens with two attached hydrogens (primary N) is 1. The van der Waals surface area contributed by atoms with Gasteiger partial charge in [0.1, 0.15) is 0 Å². The zero-order chi connectivity index (χ0) is 11.0. The van der Waals surface area contributed by atoms with Crippen LogP contribution in [0.15, 0.2) is 18.2 Å². The summed E-state index contributed by atoms with van der Waals surface area (Å²) in [5.41, 5.74) is 9.35. The average molecular weight is 203 g/mol. The van der Waals surface area contributed by atoms with Crippen molar-refractivity contribution in [1.82, 2.24) is 9.78 Å². The monoisotopic (exact) mass is 203 g/mol. The molecule has 3 heteroatoms. The summed E-state index contributed by atoms with van der Waals surface area (Å²) in [6.07, 6.45) is 0.967. The molecule has 2 rings (SSSR count). The van der Waals surface area contributed by atoms with E-state index < -0.39 is 0 Å². The SMILES string of the molecule is CCc1nn(C)c2cc(C(C)N)ccc12. The molecule has 1 atom stereocenters. The minimum absolute atomic E-state index is 0.0781. The van der Waals surface area contributed by atoms with Crippen LogP contribution in [-0.4, -0.2) is 9.78 Å². The van der Waals surface area contributed by atoms with E-state index in [-0.39, 0.29) is 6.04 Å². The van der Waals surface area contributed by atoms with E-state index in [1.54, 1.807) is 0 Å². The minimum Gasteiger partial charge on any atom is -0.324 e. The first-order chi connectivity index (χ1) is 7.13. The number of hydrogen-bond donors (Lipinski definition) is 1. The van der Waals surface area contributed by atoms with Gasteiger partial charge in [0.15, 0.2) is 0 Å². The Bertz CT molecular complexity index is 483. The Morgan fingerprint density at radius 2 is 2.20 bits per heavy atom. The number of rotatable bonds is 2. The van der Waals surface area contributed by atoms with E-state index in [0.717, 1.165) is 17.7 Å². The number of aromatic nitrogens is 2. The van der Waals surface area contributed by atoms with Gasteiger partial charge in [0.2, 0.25) is 0 Å². The molecule has 0 saturated heterocycles. The van der Waals surface area contributed by atoms with E-state index in [4.69, 9.17) is 5.73 Å². The summed E-state index contributed by atoms with van der Waals surface area (Å²) in [7, 11) is 1.98. The molecule has 0 aliphatic heterocycles. The van der Waals surface area contributed by atoms with Crippen molar-refractivity contribution >= 4 is 10.9 Å². The Kier molecular flexibility index (Phi) is 2.49. The van der Waals surface area contributed by atoms with Gasteiger partial charge in [0, 0.05) is 18.5 Å². The van der Waals surface area contributed by atoms with E-state index in [1.807, 2.05) is 18.7 Å². The maximum Gasteiger partial charge on any atom is 0.0700 e. The quantitative estimate of drug-likeness (QED) is 0.812. The molecule has 0 bridgehead atoms. The Labute approximate surface area is 89.9 Å². The standard InChI is InChI=1S/C12H17N3/c1-4-11-10-6-5-9(8(2)13)7-12(10)15(3)14-11/h5-8H,4,13H2,1-3H3. The van der Waals surface area contributed by atoms with Crippen LogP contribution in [0.5, 0.6) is 0 Å². The van der Waals surface area contributed by atoms with Crippen molar-refractivity contribution in [2.75, 3.05) is 0 Å². The van der Waals surface area contributed by atoms with Crippen molar-refractivity contribution in [3.63, 3.8) is 0 Å². The molecule has 2 N–H and O–H groups in total. The van der Waals surface area contributed by atoms with Crippen molar-refractivity contribution in [2.24, 2.45) is 12.8 Å². The summed E-state index contributed by atoms with van der Waals surface area (Å²) in [4.78, 5) is 0. The molecule has 0 fully saturated rings. The summed E-state index contributed by atoms with van der Waals surface area (Å²) in [6, 6.07) is 6.43. The molecule has 0 amide bonds. The van der Waals surface area contributed by atoms with Crippen molar-refractivity contribution in [3.8, 4) is 0 Å². The van der Waals surface area contributed by atoms with Crippen LogP contribution in [0.2, 0.25) is 0 Å². The van der Waals surface area contributed by atoms with E-state index in [0.29, 0.717) is 0 Å². The number of fused-ring (bicyclic) bond motifs is 1. The van der Waals surface area contributed by atoms with Gasteiger partial charge in [-0.1, -0.05) is 19.1 Å². The molecule has 80 valence electrons. The van der Waals surface area contributed by atoms with E-state index >= 15 is 0 Å². The molecule has 3 nitrogen and oxygen atoms in total. The lowest BCUT2D eigenvalue weighted by atomic mass is 10.1. The van der Waals surface area contributed by atoms with Crippen LogP contribution in [0.3, 0.4) is 0 Å². The highest BCUT2D eigenvalue weighted by molar-refractivity contribution is 5.82. The fraction of sp³-hybridized carbons (Fsp3) is 0.417.